The SMILES string of the molecule is COc1cccc(CC(NN)C(OC)C2CC2)c1. The molecule has 2 rings (SSSR count). The van der Waals surface area contributed by atoms with Crippen LogP contribution in [0.1, 0.15) is 18.4 Å². The number of rotatable bonds is 7. The molecule has 4 heteroatoms. The molecule has 18 heavy (non-hydrogen) atoms. The maximum absolute atomic E-state index is 5.67. The fourth-order valence-electron chi connectivity index (χ4n) is 2.43. The molecule has 2 unspecified atom stereocenters. The van der Waals surface area contributed by atoms with Crippen LogP contribution in [-0.4, -0.2) is 26.4 Å². The third kappa shape index (κ3) is 3.22. The number of ether oxygens (including phenoxy) is 2. The number of hydrogen-bond donors (Lipinski definition) is 2. The molecule has 0 heterocycles. The van der Waals surface area contributed by atoms with Crippen molar-refractivity contribution in [2.75, 3.05) is 14.2 Å². The summed E-state index contributed by atoms with van der Waals surface area (Å²) < 4.78 is 10.8. The number of methoxy groups -OCH3 is 2. The topological polar surface area (TPSA) is 56.5 Å². The van der Waals surface area contributed by atoms with Crippen molar-refractivity contribution in [3.05, 3.63) is 29.8 Å². The molecule has 0 spiro atoms. The standard InChI is InChI=1S/C14H22N2O2/c1-17-12-5-3-4-10(8-12)9-13(16-15)14(18-2)11-6-7-11/h3-5,8,11,13-14,16H,6-7,9,15H2,1-2H3. The summed E-state index contributed by atoms with van der Waals surface area (Å²) in [5.74, 6) is 7.20. The molecule has 1 saturated carbocycles. The Bertz CT molecular complexity index is 380. The molecule has 0 bridgehead atoms. The van der Waals surface area contributed by atoms with Gasteiger partial charge in [-0.3, -0.25) is 11.3 Å². The zero-order chi connectivity index (χ0) is 13.0. The monoisotopic (exact) mass is 250 g/mol. The molecule has 1 fully saturated rings. The average Bonchev–Trinajstić information content (AvgIpc) is 3.23. The summed E-state index contributed by atoms with van der Waals surface area (Å²) >= 11 is 0. The Kier molecular flexibility index (Phi) is 4.58. The van der Waals surface area contributed by atoms with Crippen molar-refractivity contribution in [3.63, 3.8) is 0 Å². The lowest BCUT2D eigenvalue weighted by Crippen LogP contribution is -2.47. The molecule has 4 nitrogen and oxygen atoms in total. The van der Waals surface area contributed by atoms with Gasteiger partial charge in [0.1, 0.15) is 5.75 Å². The van der Waals surface area contributed by atoms with Crippen LogP contribution in [0.4, 0.5) is 0 Å². The molecule has 0 saturated heterocycles. The normalized spacial score (nSPS) is 18.4. The first-order chi connectivity index (χ1) is 8.78. The Morgan fingerprint density at radius 1 is 1.39 bits per heavy atom. The molecule has 0 aliphatic heterocycles. The smallest absolute Gasteiger partial charge is 0.119 e. The van der Waals surface area contributed by atoms with E-state index in [1.807, 2.05) is 18.2 Å². The summed E-state index contributed by atoms with van der Waals surface area (Å²) in [5.41, 5.74) is 4.10. The van der Waals surface area contributed by atoms with Crippen molar-refractivity contribution < 1.29 is 9.47 Å². The van der Waals surface area contributed by atoms with Crippen LogP contribution >= 0.6 is 0 Å². The van der Waals surface area contributed by atoms with E-state index < -0.39 is 0 Å². The van der Waals surface area contributed by atoms with Gasteiger partial charge < -0.3 is 9.47 Å². The molecule has 2 atom stereocenters. The predicted octanol–water partition coefficient (Wildman–Crippen LogP) is 1.49. The van der Waals surface area contributed by atoms with Crippen LogP contribution in [0.5, 0.6) is 5.75 Å². The molecular weight excluding hydrogens is 228 g/mol. The van der Waals surface area contributed by atoms with Crippen LogP contribution in [0.15, 0.2) is 24.3 Å². The highest BCUT2D eigenvalue weighted by Crippen LogP contribution is 2.36. The van der Waals surface area contributed by atoms with Gasteiger partial charge in [-0.15, -0.1) is 0 Å². The number of nitrogens with two attached hydrogens (primary N) is 1. The van der Waals surface area contributed by atoms with E-state index in [4.69, 9.17) is 15.3 Å². The Morgan fingerprint density at radius 2 is 2.17 bits per heavy atom. The van der Waals surface area contributed by atoms with E-state index in [1.54, 1.807) is 14.2 Å². The lowest BCUT2D eigenvalue weighted by atomic mass is 9.98. The van der Waals surface area contributed by atoms with Gasteiger partial charge in [-0.25, -0.2) is 0 Å². The fourth-order valence-corrected chi connectivity index (χ4v) is 2.43. The maximum Gasteiger partial charge on any atom is 0.119 e. The zero-order valence-electron chi connectivity index (χ0n) is 11.1. The van der Waals surface area contributed by atoms with E-state index in [9.17, 15) is 0 Å². The van der Waals surface area contributed by atoms with Crippen molar-refractivity contribution in [1.82, 2.24) is 5.43 Å². The molecule has 1 aliphatic carbocycles. The van der Waals surface area contributed by atoms with E-state index in [0.29, 0.717) is 5.92 Å². The van der Waals surface area contributed by atoms with Crippen LogP contribution in [0.2, 0.25) is 0 Å². The molecule has 1 aromatic carbocycles. The highest BCUT2D eigenvalue weighted by Gasteiger charge is 2.36. The Morgan fingerprint density at radius 3 is 2.72 bits per heavy atom. The number of benzene rings is 1. The molecule has 0 radical (unpaired) electrons. The lowest BCUT2D eigenvalue weighted by molar-refractivity contribution is 0.0511. The van der Waals surface area contributed by atoms with E-state index >= 15 is 0 Å². The minimum atomic E-state index is 0.148. The molecule has 0 amide bonds. The Balaban J connectivity index is 2.04. The first kappa shape index (κ1) is 13.3. The summed E-state index contributed by atoms with van der Waals surface area (Å²) in [6, 6.07) is 8.23. The molecule has 1 aliphatic rings. The lowest BCUT2D eigenvalue weighted by Gasteiger charge is -2.25. The van der Waals surface area contributed by atoms with Crippen LogP contribution < -0.4 is 16.0 Å². The van der Waals surface area contributed by atoms with Crippen LogP contribution in [0, 0.1) is 5.92 Å². The Labute approximate surface area is 108 Å². The van der Waals surface area contributed by atoms with Crippen molar-refractivity contribution in [2.24, 2.45) is 11.8 Å². The van der Waals surface area contributed by atoms with Gasteiger partial charge in [0, 0.05) is 7.11 Å². The minimum absolute atomic E-state index is 0.148. The van der Waals surface area contributed by atoms with E-state index in [1.165, 1.54) is 18.4 Å². The molecule has 1 aromatic rings. The van der Waals surface area contributed by atoms with Crippen molar-refractivity contribution in [1.29, 1.82) is 0 Å². The van der Waals surface area contributed by atoms with Gasteiger partial charge in [-0.2, -0.15) is 0 Å². The summed E-state index contributed by atoms with van der Waals surface area (Å²) in [4.78, 5) is 0. The van der Waals surface area contributed by atoms with E-state index in [2.05, 4.69) is 11.5 Å². The van der Waals surface area contributed by atoms with Gasteiger partial charge >= 0.3 is 0 Å². The molecule has 0 aromatic heterocycles. The van der Waals surface area contributed by atoms with E-state index in [0.717, 1.165) is 12.2 Å². The quantitative estimate of drug-likeness (QED) is 0.569. The maximum atomic E-state index is 5.67. The predicted molar refractivity (Wildman–Crippen MR) is 71.3 cm³/mol. The summed E-state index contributed by atoms with van der Waals surface area (Å²) in [5, 5.41) is 0. The van der Waals surface area contributed by atoms with Crippen molar-refractivity contribution in [2.45, 2.75) is 31.4 Å². The van der Waals surface area contributed by atoms with Gasteiger partial charge in [0.2, 0.25) is 0 Å². The van der Waals surface area contributed by atoms with Gasteiger partial charge in [0.05, 0.1) is 19.3 Å². The Hall–Kier alpha value is -1.10. The van der Waals surface area contributed by atoms with E-state index in [-0.39, 0.29) is 12.1 Å². The third-order valence-electron chi connectivity index (χ3n) is 3.56. The average molecular weight is 250 g/mol. The number of nitrogens with one attached hydrogen (secondary N) is 1. The second-order valence-corrected chi connectivity index (χ2v) is 4.87. The number of hydrazine groups is 1. The highest BCUT2D eigenvalue weighted by atomic mass is 16.5. The van der Waals surface area contributed by atoms with Gasteiger partial charge in [0.15, 0.2) is 0 Å². The van der Waals surface area contributed by atoms with Gasteiger partial charge in [0.25, 0.3) is 0 Å². The molecular formula is C14H22N2O2. The van der Waals surface area contributed by atoms with Crippen LogP contribution in [0.25, 0.3) is 0 Å². The number of hydrogen-bond acceptors (Lipinski definition) is 4. The molecule has 3 N–H and O–H groups in total. The first-order valence-corrected chi connectivity index (χ1v) is 6.40. The van der Waals surface area contributed by atoms with Crippen LogP contribution in [-0.2, 0) is 11.2 Å². The minimum Gasteiger partial charge on any atom is -0.497 e. The molecule has 100 valence electrons. The summed E-state index contributed by atoms with van der Waals surface area (Å²) in [7, 11) is 3.44. The fraction of sp³-hybridized carbons (Fsp3) is 0.571. The largest absolute Gasteiger partial charge is 0.497 e. The summed E-state index contributed by atoms with van der Waals surface area (Å²) in [6.07, 6.45) is 3.54. The second-order valence-electron chi connectivity index (χ2n) is 4.87. The van der Waals surface area contributed by atoms with Crippen molar-refractivity contribution in [3.8, 4) is 5.75 Å². The third-order valence-corrected chi connectivity index (χ3v) is 3.56. The first-order valence-electron chi connectivity index (χ1n) is 6.40. The zero-order valence-corrected chi connectivity index (χ0v) is 11.1. The second kappa shape index (κ2) is 6.18. The van der Waals surface area contributed by atoms with Gasteiger partial charge in [-0.1, -0.05) is 12.1 Å². The highest BCUT2D eigenvalue weighted by molar-refractivity contribution is 5.29. The summed E-state index contributed by atoms with van der Waals surface area (Å²) in [6.45, 7) is 0. The van der Waals surface area contributed by atoms with Crippen molar-refractivity contribution >= 4 is 0 Å². The van der Waals surface area contributed by atoms with Gasteiger partial charge in [-0.05, 0) is 42.9 Å². The van der Waals surface area contributed by atoms with Crippen LogP contribution in [0.3, 0.4) is 0 Å².